The van der Waals surface area contributed by atoms with E-state index in [2.05, 4.69) is 15.2 Å². The third-order valence-corrected chi connectivity index (χ3v) is 7.32. The molecule has 0 aliphatic carbocycles. The number of hydrogen-bond donors (Lipinski definition) is 2. The fourth-order valence-electron chi connectivity index (χ4n) is 3.39. The summed E-state index contributed by atoms with van der Waals surface area (Å²) in [4.78, 5) is 25.1. The molecule has 12 heteroatoms. The normalized spacial score (nSPS) is 11.2. The number of hydrazone groups is 1. The van der Waals surface area contributed by atoms with Crippen molar-refractivity contribution in [2.75, 3.05) is 11.8 Å². The molecule has 0 spiro atoms. The summed E-state index contributed by atoms with van der Waals surface area (Å²) in [5.41, 5.74) is 3.65. The molecule has 40 heavy (non-hydrogen) atoms. The summed E-state index contributed by atoms with van der Waals surface area (Å²) in [7, 11) is -2.34. The first-order valence-corrected chi connectivity index (χ1v) is 13.8. The molecule has 0 fully saturated rings. The van der Waals surface area contributed by atoms with Crippen molar-refractivity contribution >= 4 is 57.0 Å². The number of sulfonamides is 1. The van der Waals surface area contributed by atoms with Crippen LogP contribution in [0.25, 0.3) is 0 Å². The second kappa shape index (κ2) is 12.6. The molecule has 0 atom stereocenters. The van der Waals surface area contributed by atoms with Crippen molar-refractivity contribution in [1.82, 2.24) is 5.43 Å². The van der Waals surface area contributed by atoms with Crippen molar-refractivity contribution in [1.29, 1.82) is 0 Å². The van der Waals surface area contributed by atoms with Crippen LogP contribution in [-0.2, 0) is 10.0 Å². The summed E-state index contributed by atoms with van der Waals surface area (Å²) >= 11 is 11.9. The number of carbonyl (C=O) groups is 2. The highest BCUT2D eigenvalue weighted by Gasteiger charge is 2.17. The first-order valence-electron chi connectivity index (χ1n) is 11.5. The van der Waals surface area contributed by atoms with Crippen molar-refractivity contribution in [2.24, 2.45) is 5.10 Å². The number of benzene rings is 4. The Labute approximate surface area is 240 Å². The van der Waals surface area contributed by atoms with Crippen LogP contribution in [0.2, 0.25) is 10.0 Å². The quantitative estimate of drug-likeness (QED) is 0.109. The first kappa shape index (κ1) is 28.6. The largest absolute Gasteiger partial charge is 0.493 e. The molecule has 4 aromatic rings. The third-order valence-electron chi connectivity index (χ3n) is 5.37. The van der Waals surface area contributed by atoms with Gasteiger partial charge in [-0.15, -0.1) is 0 Å². The fourth-order valence-corrected chi connectivity index (χ4v) is 4.96. The average Bonchev–Trinajstić information content (AvgIpc) is 2.94. The molecule has 0 bridgehead atoms. The van der Waals surface area contributed by atoms with E-state index in [0.717, 1.165) is 0 Å². The summed E-state index contributed by atoms with van der Waals surface area (Å²) < 4.78 is 38.1. The zero-order chi connectivity index (χ0) is 28.7. The van der Waals surface area contributed by atoms with Gasteiger partial charge in [0.2, 0.25) is 0 Å². The van der Waals surface area contributed by atoms with E-state index in [4.69, 9.17) is 32.7 Å². The van der Waals surface area contributed by atoms with Crippen LogP contribution >= 0.6 is 23.2 Å². The number of nitrogens with zero attached hydrogens (tertiary/aromatic N) is 1. The molecule has 0 heterocycles. The van der Waals surface area contributed by atoms with Crippen LogP contribution < -0.4 is 19.6 Å². The van der Waals surface area contributed by atoms with E-state index in [9.17, 15) is 18.0 Å². The molecule has 0 saturated heterocycles. The molecule has 4 aromatic carbocycles. The number of methoxy groups -OCH3 is 1. The number of rotatable bonds is 9. The highest BCUT2D eigenvalue weighted by molar-refractivity contribution is 7.92. The van der Waals surface area contributed by atoms with E-state index in [1.54, 1.807) is 30.3 Å². The van der Waals surface area contributed by atoms with Gasteiger partial charge in [-0.2, -0.15) is 5.10 Å². The number of ether oxygens (including phenoxy) is 2. The molecule has 0 unspecified atom stereocenters. The zero-order valence-corrected chi connectivity index (χ0v) is 23.1. The summed E-state index contributed by atoms with van der Waals surface area (Å²) in [5.74, 6) is -0.788. The predicted octanol–water partition coefficient (Wildman–Crippen LogP) is 5.79. The lowest BCUT2D eigenvalue weighted by Gasteiger charge is -2.10. The number of halogens is 2. The molecular weight excluding hydrogens is 577 g/mol. The van der Waals surface area contributed by atoms with Crippen LogP contribution in [0.15, 0.2) is 101 Å². The van der Waals surface area contributed by atoms with Gasteiger partial charge in [-0.3, -0.25) is 9.52 Å². The summed E-state index contributed by atoms with van der Waals surface area (Å²) in [6.07, 6.45) is 1.38. The standard InChI is InChI=1S/C28H21Cl2N3O6S/c1-38-26-15-18(7-14-25(26)39-28(35)23-13-10-20(29)16-24(23)30)17-31-32-27(34)19-8-11-21(12-9-19)33-40(36,37)22-5-3-2-4-6-22/h2-17,33H,1H3,(H,32,34). The maximum absolute atomic E-state index is 12.5. The van der Waals surface area contributed by atoms with Crippen molar-refractivity contribution < 1.29 is 27.5 Å². The highest BCUT2D eigenvalue weighted by Crippen LogP contribution is 2.30. The van der Waals surface area contributed by atoms with Gasteiger partial charge in [0.05, 0.1) is 28.8 Å². The summed E-state index contributed by atoms with van der Waals surface area (Å²) in [6.45, 7) is 0. The van der Waals surface area contributed by atoms with E-state index in [-0.39, 0.29) is 32.5 Å². The van der Waals surface area contributed by atoms with Crippen LogP contribution in [0.4, 0.5) is 5.69 Å². The second-order valence-electron chi connectivity index (χ2n) is 8.12. The van der Waals surface area contributed by atoms with Gasteiger partial charge in [0.1, 0.15) is 0 Å². The van der Waals surface area contributed by atoms with Gasteiger partial charge in [0.15, 0.2) is 11.5 Å². The molecule has 0 saturated carbocycles. The van der Waals surface area contributed by atoms with Crippen molar-refractivity contribution in [3.8, 4) is 11.5 Å². The summed E-state index contributed by atoms with van der Waals surface area (Å²) in [5, 5.41) is 4.48. The molecule has 4 rings (SSSR count). The van der Waals surface area contributed by atoms with Gasteiger partial charge in [-0.05, 0) is 78.4 Å². The van der Waals surface area contributed by atoms with Crippen LogP contribution in [0, 0.1) is 0 Å². The first-order chi connectivity index (χ1) is 19.2. The predicted molar refractivity (Wildman–Crippen MR) is 153 cm³/mol. The Morgan fingerprint density at radius 1 is 0.875 bits per heavy atom. The zero-order valence-electron chi connectivity index (χ0n) is 20.8. The Balaban J connectivity index is 1.37. The molecule has 0 aliphatic heterocycles. The Morgan fingerprint density at radius 3 is 2.27 bits per heavy atom. The van der Waals surface area contributed by atoms with Gasteiger partial charge >= 0.3 is 5.97 Å². The summed E-state index contributed by atoms with van der Waals surface area (Å²) in [6, 6.07) is 22.9. The SMILES string of the molecule is COc1cc(C=NNC(=O)c2ccc(NS(=O)(=O)c3ccccc3)cc2)ccc1OC(=O)c1ccc(Cl)cc1Cl. The lowest BCUT2D eigenvalue weighted by Crippen LogP contribution is -2.18. The van der Waals surface area contributed by atoms with E-state index >= 15 is 0 Å². The number of hydrogen-bond acceptors (Lipinski definition) is 7. The topological polar surface area (TPSA) is 123 Å². The minimum atomic E-state index is -3.75. The van der Waals surface area contributed by atoms with Crippen LogP contribution in [0.3, 0.4) is 0 Å². The molecule has 1 amide bonds. The highest BCUT2D eigenvalue weighted by atomic mass is 35.5. The smallest absolute Gasteiger partial charge is 0.345 e. The number of carbonyl (C=O) groups excluding carboxylic acids is 2. The number of nitrogens with one attached hydrogen (secondary N) is 2. The minimum absolute atomic E-state index is 0.125. The minimum Gasteiger partial charge on any atom is -0.493 e. The lowest BCUT2D eigenvalue weighted by molar-refractivity contribution is 0.0729. The maximum atomic E-state index is 12.5. The molecule has 0 radical (unpaired) electrons. The molecular formula is C28H21Cl2N3O6S. The van der Waals surface area contributed by atoms with Crippen molar-refractivity contribution in [3.05, 3.63) is 118 Å². The lowest BCUT2D eigenvalue weighted by atomic mass is 10.2. The van der Waals surface area contributed by atoms with Crippen LogP contribution in [0.5, 0.6) is 11.5 Å². The molecule has 0 aromatic heterocycles. The number of esters is 1. The van der Waals surface area contributed by atoms with Gasteiger partial charge < -0.3 is 9.47 Å². The molecule has 0 aliphatic rings. The number of anilines is 1. The van der Waals surface area contributed by atoms with E-state index in [0.29, 0.717) is 16.3 Å². The van der Waals surface area contributed by atoms with Crippen molar-refractivity contribution in [2.45, 2.75) is 4.90 Å². The Morgan fingerprint density at radius 2 is 1.60 bits per heavy atom. The van der Waals surface area contributed by atoms with E-state index in [1.165, 1.54) is 74.0 Å². The second-order valence-corrected chi connectivity index (χ2v) is 10.6. The molecule has 204 valence electrons. The van der Waals surface area contributed by atoms with Gasteiger partial charge in [0, 0.05) is 16.3 Å². The van der Waals surface area contributed by atoms with Gasteiger partial charge in [-0.1, -0.05) is 41.4 Å². The average molecular weight is 598 g/mol. The maximum Gasteiger partial charge on any atom is 0.345 e. The Bertz CT molecular complexity index is 1680. The fraction of sp³-hybridized carbons (Fsp3) is 0.0357. The van der Waals surface area contributed by atoms with Gasteiger partial charge in [-0.25, -0.2) is 18.6 Å². The molecule has 2 N–H and O–H groups in total. The van der Waals surface area contributed by atoms with Crippen LogP contribution in [-0.4, -0.2) is 33.6 Å². The molecule has 9 nitrogen and oxygen atoms in total. The monoisotopic (exact) mass is 597 g/mol. The van der Waals surface area contributed by atoms with Gasteiger partial charge in [0.25, 0.3) is 15.9 Å². The van der Waals surface area contributed by atoms with Crippen LogP contribution in [0.1, 0.15) is 26.3 Å². The van der Waals surface area contributed by atoms with Crippen molar-refractivity contribution in [3.63, 3.8) is 0 Å². The van der Waals surface area contributed by atoms with E-state index in [1.807, 2.05) is 0 Å². The third kappa shape index (κ3) is 7.17. The van der Waals surface area contributed by atoms with E-state index < -0.39 is 21.9 Å². The number of amides is 1. The Kier molecular flexibility index (Phi) is 9.05. The Hall–Kier alpha value is -4.38.